The van der Waals surface area contributed by atoms with E-state index in [1.807, 2.05) is 26.0 Å². The molecule has 0 radical (unpaired) electrons. The Bertz CT molecular complexity index is 2010. The lowest BCUT2D eigenvalue weighted by atomic mass is 10.1. The largest absolute Gasteiger partial charge is 0.322 e. The number of halogens is 1. The van der Waals surface area contributed by atoms with Crippen LogP contribution in [0.5, 0.6) is 0 Å². The summed E-state index contributed by atoms with van der Waals surface area (Å²) >= 11 is 8.58. The molecule has 2 N–H and O–H groups in total. The third-order valence-electron chi connectivity index (χ3n) is 6.28. The number of hydrogen-bond donors (Lipinski definition) is 2. The van der Waals surface area contributed by atoms with E-state index in [1.165, 1.54) is 23.5 Å². The molecule has 0 atom stereocenters. The van der Waals surface area contributed by atoms with Gasteiger partial charge in [-0.3, -0.25) is 19.7 Å². The smallest absolute Gasteiger partial charge is 0.283 e. The van der Waals surface area contributed by atoms with Crippen LogP contribution in [0.1, 0.15) is 27.0 Å². The predicted molar refractivity (Wildman–Crippen MR) is 174 cm³/mol. The van der Waals surface area contributed by atoms with Gasteiger partial charge in [0.25, 0.3) is 17.5 Å². The number of anilines is 2. The van der Waals surface area contributed by atoms with E-state index in [-0.39, 0.29) is 17.2 Å². The minimum atomic E-state index is -0.615. The number of benzene rings is 4. The normalized spacial score (nSPS) is 11.2. The van der Waals surface area contributed by atoms with Crippen LogP contribution >= 0.6 is 34.7 Å². The molecule has 12 heteroatoms. The maximum atomic E-state index is 12.8. The van der Waals surface area contributed by atoms with E-state index < -0.39 is 10.8 Å². The summed E-state index contributed by atoms with van der Waals surface area (Å²) in [7, 11) is 0. The van der Waals surface area contributed by atoms with Crippen LogP contribution in [0, 0.1) is 35.3 Å². The van der Waals surface area contributed by atoms with Crippen molar-refractivity contribution in [1.29, 1.82) is 5.26 Å². The van der Waals surface area contributed by atoms with Gasteiger partial charge in [0.2, 0.25) is 0 Å². The summed E-state index contributed by atoms with van der Waals surface area (Å²) in [5.41, 5.74) is 3.99. The molecule has 1 heterocycles. The Morgan fingerprint density at radius 2 is 1.75 bits per heavy atom. The average molecular weight is 640 g/mol. The van der Waals surface area contributed by atoms with Crippen LogP contribution in [0.3, 0.4) is 0 Å². The Hall–Kier alpha value is -5.02. The fraction of sp³-hybridized carbons (Fsp3) is 0.0625. The summed E-state index contributed by atoms with van der Waals surface area (Å²) < 4.78 is 1.34. The molecular weight excluding hydrogens is 618 g/mol. The summed E-state index contributed by atoms with van der Waals surface area (Å²) in [6, 6.07) is 23.9. The highest BCUT2D eigenvalue weighted by molar-refractivity contribution is 8.01. The zero-order valence-electron chi connectivity index (χ0n) is 23.3. The van der Waals surface area contributed by atoms with E-state index in [1.54, 1.807) is 66.7 Å². The van der Waals surface area contributed by atoms with E-state index in [0.29, 0.717) is 42.3 Å². The molecule has 4 aromatic carbocycles. The fourth-order valence-electron chi connectivity index (χ4n) is 4.38. The minimum absolute atomic E-state index is 0.192. The number of nitriles is 1. The number of amides is 2. The highest BCUT2D eigenvalue weighted by Gasteiger charge is 2.19. The number of nitro groups is 1. The van der Waals surface area contributed by atoms with E-state index >= 15 is 0 Å². The monoisotopic (exact) mass is 639 g/mol. The van der Waals surface area contributed by atoms with Gasteiger partial charge < -0.3 is 10.6 Å². The van der Waals surface area contributed by atoms with Crippen molar-refractivity contribution < 1.29 is 14.5 Å². The van der Waals surface area contributed by atoms with Gasteiger partial charge in [0.15, 0.2) is 4.34 Å². The van der Waals surface area contributed by atoms with Gasteiger partial charge in [-0.15, -0.1) is 11.3 Å². The first kappa shape index (κ1) is 30.4. The lowest BCUT2D eigenvalue weighted by Crippen LogP contribution is -2.13. The molecule has 0 spiro atoms. The van der Waals surface area contributed by atoms with Gasteiger partial charge in [-0.1, -0.05) is 47.6 Å². The molecule has 1 aromatic heterocycles. The van der Waals surface area contributed by atoms with Crippen LogP contribution in [-0.2, 0) is 4.79 Å². The van der Waals surface area contributed by atoms with Gasteiger partial charge in [-0.2, -0.15) is 5.26 Å². The standard InChI is InChI=1S/C32H22ClN5O4S2/c1-18-11-19(2)13-23(12-18)36-30(39)21(17-34)14-20-7-10-28(27(15-20)38(41)42)43-32-37-26-9-8-22(16-29(26)44-32)35-31(40)24-5-3-4-6-25(24)33/h3-16H,1-2H3,(H,35,40)(H,36,39)/b21-14+. The summed E-state index contributed by atoms with van der Waals surface area (Å²) in [4.78, 5) is 41.8. The Morgan fingerprint density at radius 1 is 1.00 bits per heavy atom. The Labute approximate surface area is 265 Å². The SMILES string of the molecule is Cc1cc(C)cc(NC(=O)/C(C#N)=C/c2ccc(Sc3nc4ccc(NC(=O)c5ccccc5Cl)cc4s3)c([N+](=O)[O-])c2)c1. The Balaban J connectivity index is 1.35. The van der Waals surface area contributed by atoms with E-state index in [0.717, 1.165) is 27.6 Å². The molecule has 44 heavy (non-hydrogen) atoms. The molecule has 5 aromatic rings. The molecule has 5 rings (SSSR count). The number of rotatable bonds is 8. The maximum Gasteiger partial charge on any atom is 0.283 e. The predicted octanol–water partition coefficient (Wildman–Crippen LogP) is 8.42. The second kappa shape index (κ2) is 13.1. The molecule has 0 fully saturated rings. The molecule has 218 valence electrons. The molecule has 0 bridgehead atoms. The van der Waals surface area contributed by atoms with Crippen molar-refractivity contribution in [2.24, 2.45) is 0 Å². The second-order valence-corrected chi connectivity index (χ2v) is 12.4. The van der Waals surface area contributed by atoms with E-state index in [4.69, 9.17) is 11.6 Å². The van der Waals surface area contributed by atoms with Crippen molar-refractivity contribution in [2.45, 2.75) is 23.1 Å². The zero-order valence-corrected chi connectivity index (χ0v) is 25.6. The average Bonchev–Trinajstić information content (AvgIpc) is 3.37. The third-order valence-corrected chi connectivity index (χ3v) is 8.75. The molecular formula is C32H22ClN5O4S2. The van der Waals surface area contributed by atoms with Crippen molar-refractivity contribution in [3.8, 4) is 6.07 Å². The number of carbonyl (C=O) groups is 2. The first-order valence-corrected chi connectivity index (χ1v) is 15.0. The first-order valence-electron chi connectivity index (χ1n) is 13.0. The van der Waals surface area contributed by atoms with Crippen molar-refractivity contribution in [2.75, 3.05) is 10.6 Å². The highest BCUT2D eigenvalue weighted by Crippen LogP contribution is 2.40. The van der Waals surface area contributed by atoms with Gasteiger partial charge in [0.1, 0.15) is 11.6 Å². The van der Waals surface area contributed by atoms with Crippen LogP contribution in [0.4, 0.5) is 17.1 Å². The highest BCUT2D eigenvalue weighted by atomic mass is 35.5. The zero-order chi connectivity index (χ0) is 31.4. The molecule has 0 saturated heterocycles. The number of aryl methyl sites for hydroxylation is 2. The summed E-state index contributed by atoms with van der Waals surface area (Å²) in [6.45, 7) is 3.80. The molecule has 2 amide bonds. The summed E-state index contributed by atoms with van der Waals surface area (Å²) in [5, 5.41) is 27.5. The molecule has 0 aliphatic rings. The molecule has 9 nitrogen and oxygen atoms in total. The summed E-state index contributed by atoms with van der Waals surface area (Å²) in [6.07, 6.45) is 1.32. The number of thiazole rings is 1. The maximum absolute atomic E-state index is 12.8. The lowest BCUT2D eigenvalue weighted by molar-refractivity contribution is -0.387. The van der Waals surface area contributed by atoms with Crippen LogP contribution in [0.15, 0.2) is 93.7 Å². The van der Waals surface area contributed by atoms with Gasteiger partial charge in [0, 0.05) is 17.4 Å². The van der Waals surface area contributed by atoms with Gasteiger partial charge in [-0.25, -0.2) is 4.98 Å². The number of aromatic nitrogens is 1. The van der Waals surface area contributed by atoms with Crippen LogP contribution in [-0.4, -0.2) is 21.7 Å². The first-order chi connectivity index (χ1) is 21.1. The van der Waals surface area contributed by atoms with Crippen LogP contribution in [0.25, 0.3) is 16.3 Å². The quantitative estimate of drug-likeness (QED) is 0.0752. The van der Waals surface area contributed by atoms with E-state index in [9.17, 15) is 25.0 Å². The number of nitrogens with one attached hydrogen (secondary N) is 2. The van der Waals surface area contributed by atoms with Crippen molar-refractivity contribution in [1.82, 2.24) is 4.98 Å². The topological polar surface area (TPSA) is 138 Å². The number of nitro benzene ring substituents is 1. The molecule has 0 aliphatic heterocycles. The van der Waals surface area contributed by atoms with Gasteiger partial charge >= 0.3 is 0 Å². The minimum Gasteiger partial charge on any atom is -0.322 e. The number of fused-ring (bicyclic) bond motifs is 1. The van der Waals surface area contributed by atoms with Gasteiger partial charge in [-0.05, 0) is 85.1 Å². The molecule has 0 aliphatic carbocycles. The van der Waals surface area contributed by atoms with Crippen LogP contribution < -0.4 is 10.6 Å². The van der Waals surface area contributed by atoms with Gasteiger partial charge in [0.05, 0.1) is 30.6 Å². The second-order valence-electron chi connectivity index (χ2n) is 9.68. The van der Waals surface area contributed by atoms with E-state index in [2.05, 4.69) is 15.6 Å². The number of nitrogens with zero attached hydrogens (tertiary/aromatic N) is 3. The molecule has 0 saturated carbocycles. The molecule has 0 unspecified atom stereocenters. The third kappa shape index (κ3) is 7.12. The number of carbonyl (C=O) groups excluding carboxylic acids is 2. The van der Waals surface area contributed by atoms with Crippen molar-refractivity contribution in [3.63, 3.8) is 0 Å². The summed E-state index contributed by atoms with van der Waals surface area (Å²) in [5.74, 6) is -0.961. The lowest BCUT2D eigenvalue weighted by Gasteiger charge is -2.07. The van der Waals surface area contributed by atoms with Crippen molar-refractivity contribution >= 4 is 79.9 Å². The Kier molecular flexibility index (Phi) is 9.06. The van der Waals surface area contributed by atoms with Crippen LogP contribution in [0.2, 0.25) is 5.02 Å². The fourth-order valence-corrected chi connectivity index (χ4v) is 6.75. The van der Waals surface area contributed by atoms with Crippen molar-refractivity contribution in [3.05, 3.63) is 122 Å². The number of hydrogen-bond acceptors (Lipinski definition) is 8. The Morgan fingerprint density at radius 3 is 2.45 bits per heavy atom.